The number of hydrogen-bond donors (Lipinski definition) is 0. The van der Waals surface area contributed by atoms with Crippen molar-refractivity contribution >= 4 is 0 Å². The van der Waals surface area contributed by atoms with Crippen molar-refractivity contribution in [2.75, 3.05) is 0 Å². The summed E-state index contributed by atoms with van der Waals surface area (Å²) in [5, 5.41) is 0. The number of aryl methyl sites for hydroxylation is 1. The Labute approximate surface area is 129 Å². The molecule has 0 heterocycles. The summed E-state index contributed by atoms with van der Waals surface area (Å²) in [5.41, 5.74) is 1.34. The topological polar surface area (TPSA) is 18.5 Å². The maximum Gasteiger partial charge on any atom is 0.200 e. The van der Waals surface area contributed by atoms with E-state index in [0.29, 0.717) is 12.0 Å². The highest BCUT2D eigenvalue weighted by Crippen LogP contribution is 2.25. The zero-order valence-electron chi connectivity index (χ0n) is 13.8. The fourth-order valence-corrected chi connectivity index (χ4v) is 2.89. The zero-order chi connectivity index (χ0) is 15.1. The molecule has 0 saturated heterocycles. The van der Waals surface area contributed by atoms with Crippen LogP contribution in [0.2, 0.25) is 0 Å². The molecule has 118 valence electrons. The van der Waals surface area contributed by atoms with Crippen LogP contribution in [0.4, 0.5) is 0 Å². The molecule has 2 heteroatoms. The lowest BCUT2D eigenvalue weighted by atomic mass is 9.97. The Kier molecular flexibility index (Phi) is 6.56. The predicted molar refractivity (Wildman–Crippen MR) is 87.6 cm³/mol. The minimum absolute atomic E-state index is 0.111. The smallest absolute Gasteiger partial charge is 0.200 e. The van der Waals surface area contributed by atoms with Crippen molar-refractivity contribution in [3.05, 3.63) is 29.8 Å². The highest BCUT2D eigenvalue weighted by molar-refractivity contribution is 5.27. The third kappa shape index (κ3) is 5.70. The van der Waals surface area contributed by atoms with Gasteiger partial charge in [0.15, 0.2) is 6.29 Å². The van der Waals surface area contributed by atoms with Crippen LogP contribution >= 0.6 is 0 Å². The number of rotatable bonds is 7. The number of ether oxygens (including phenoxy) is 2. The Balaban J connectivity index is 1.93. The second kappa shape index (κ2) is 8.43. The van der Waals surface area contributed by atoms with Gasteiger partial charge in [0.25, 0.3) is 0 Å². The van der Waals surface area contributed by atoms with Gasteiger partial charge in [-0.1, -0.05) is 52.2 Å². The van der Waals surface area contributed by atoms with Gasteiger partial charge >= 0.3 is 0 Å². The van der Waals surface area contributed by atoms with E-state index in [1.165, 1.54) is 37.7 Å². The Hall–Kier alpha value is -1.02. The van der Waals surface area contributed by atoms with Gasteiger partial charge in [-0.2, -0.15) is 0 Å². The molecule has 0 aliphatic heterocycles. The fraction of sp³-hybridized carbons (Fsp3) is 0.684. The zero-order valence-corrected chi connectivity index (χ0v) is 13.8. The fourth-order valence-electron chi connectivity index (χ4n) is 2.89. The average molecular weight is 290 g/mol. The van der Waals surface area contributed by atoms with Crippen LogP contribution in [0.3, 0.4) is 0 Å². The van der Waals surface area contributed by atoms with Crippen molar-refractivity contribution < 1.29 is 9.47 Å². The minimum atomic E-state index is -0.111. The summed E-state index contributed by atoms with van der Waals surface area (Å²) in [7, 11) is 0. The van der Waals surface area contributed by atoms with Crippen LogP contribution in [-0.4, -0.2) is 12.4 Å². The monoisotopic (exact) mass is 290 g/mol. The molecule has 0 aromatic heterocycles. The van der Waals surface area contributed by atoms with Crippen LogP contribution in [0.5, 0.6) is 5.75 Å². The first-order chi connectivity index (χ1) is 10.2. The van der Waals surface area contributed by atoms with Crippen LogP contribution in [-0.2, 0) is 11.2 Å². The Morgan fingerprint density at radius 3 is 2.29 bits per heavy atom. The van der Waals surface area contributed by atoms with Crippen LogP contribution in [0.15, 0.2) is 24.3 Å². The Morgan fingerprint density at radius 2 is 1.71 bits per heavy atom. The molecule has 2 nitrogen and oxygen atoms in total. The minimum Gasteiger partial charge on any atom is -0.465 e. The van der Waals surface area contributed by atoms with E-state index in [0.717, 1.165) is 18.6 Å². The van der Waals surface area contributed by atoms with Crippen molar-refractivity contribution in [3.8, 4) is 5.75 Å². The molecule has 1 aromatic rings. The summed E-state index contributed by atoms with van der Waals surface area (Å²) >= 11 is 0. The average Bonchev–Trinajstić information content (AvgIpc) is 2.48. The highest BCUT2D eigenvalue weighted by Gasteiger charge is 2.21. The second-order valence-corrected chi connectivity index (χ2v) is 6.57. The lowest BCUT2D eigenvalue weighted by Gasteiger charge is -2.29. The van der Waals surface area contributed by atoms with E-state index < -0.39 is 0 Å². The molecule has 1 aliphatic carbocycles. The van der Waals surface area contributed by atoms with Crippen molar-refractivity contribution in [2.24, 2.45) is 5.92 Å². The van der Waals surface area contributed by atoms with Crippen LogP contribution in [0.25, 0.3) is 0 Å². The normalized spacial score (nSPS) is 17.9. The second-order valence-electron chi connectivity index (χ2n) is 6.57. The van der Waals surface area contributed by atoms with E-state index in [1.807, 2.05) is 0 Å². The van der Waals surface area contributed by atoms with Crippen molar-refractivity contribution in [3.63, 3.8) is 0 Å². The molecule has 1 aromatic carbocycles. The van der Waals surface area contributed by atoms with Gasteiger partial charge in [-0.3, -0.25) is 0 Å². The molecule has 0 spiro atoms. The third-order valence-electron chi connectivity index (χ3n) is 4.16. The molecule has 21 heavy (non-hydrogen) atoms. The molecule has 1 saturated carbocycles. The van der Waals surface area contributed by atoms with Gasteiger partial charge in [0.05, 0.1) is 6.10 Å². The summed E-state index contributed by atoms with van der Waals surface area (Å²) < 4.78 is 12.3. The van der Waals surface area contributed by atoms with Gasteiger partial charge in [-0.25, -0.2) is 0 Å². The van der Waals surface area contributed by atoms with Crippen molar-refractivity contribution in [1.82, 2.24) is 0 Å². The molecule has 1 atom stereocenters. The molecule has 2 rings (SSSR count). The lowest BCUT2D eigenvalue weighted by Crippen LogP contribution is -2.29. The van der Waals surface area contributed by atoms with Crippen molar-refractivity contribution in [2.45, 2.75) is 78.1 Å². The SMILES string of the molecule is CCc1ccc(OC(CC(C)C)OC2CCCCC2)cc1. The molecule has 1 aliphatic rings. The third-order valence-corrected chi connectivity index (χ3v) is 4.16. The molecular formula is C19H30O2. The van der Waals surface area contributed by atoms with Gasteiger partial charge in [0.2, 0.25) is 0 Å². The molecular weight excluding hydrogens is 260 g/mol. The first-order valence-electron chi connectivity index (χ1n) is 8.58. The first-order valence-corrected chi connectivity index (χ1v) is 8.58. The summed E-state index contributed by atoms with van der Waals surface area (Å²) in [6.45, 7) is 6.62. The van der Waals surface area contributed by atoms with E-state index >= 15 is 0 Å². The van der Waals surface area contributed by atoms with Gasteiger partial charge in [0, 0.05) is 6.42 Å². The summed E-state index contributed by atoms with van der Waals surface area (Å²) in [6.07, 6.45) is 8.61. The quantitative estimate of drug-likeness (QED) is 0.630. The highest BCUT2D eigenvalue weighted by atomic mass is 16.7. The lowest BCUT2D eigenvalue weighted by molar-refractivity contribution is -0.136. The molecule has 0 radical (unpaired) electrons. The van der Waals surface area contributed by atoms with Crippen LogP contribution < -0.4 is 4.74 Å². The molecule has 0 N–H and O–H groups in total. The van der Waals surface area contributed by atoms with E-state index in [2.05, 4.69) is 45.0 Å². The maximum absolute atomic E-state index is 6.24. The van der Waals surface area contributed by atoms with Gasteiger partial charge < -0.3 is 9.47 Å². The Morgan fingerprint density at radius 1 is 1.05 bits per heavy atom. The molecule has 1 unspecified atom stereocenters. The summed E-state index contributed by atoms with van der Waals surface area (Å²) in [6, 6.07) is 8.41. The van der Waals surface area contributed by atoms with E-state index in [-0.39, 0.29) is 6.29 Å². The van der Waals surface area contributed by atoms with E-state index in [9.17, 15) is 0 Å². The van der Waals surface area contributed by atoms with Gasteiger partial charge in [-0.15, -0.1) is 0 Å². The largest absolute Gasteiger partial charge is 0.465 e. The number of hydrogen-bond acceptors (Lipinski definition) is 2. The van der Waals surface area contributed by atoms with Crippen LogP contribution in [0, 0.1) is 5.92 Å². The van der Waals surface area contributed by atoms with Crippen LogP contribution in [0.1, 0.15) is 64.9 Å². The summed E-state index contributed by atoms with van der Waals surface area (Å²) in [5.74, 6) is 1.50. The summed E-state index contributed by atoms with van der Waals surface area (Å²) in [4.78, 5) is 0. The first kappa shape index (κ1) is 16.4. The van der Waals surface area contributed by atoms with E-state index in [1.54, 1.807) is 0 Å². The standard InChI is InChI=1S/C19H30O2/c1-4-16-10-12-18(13-11-16)21-19(14-15(2)3)20-17-8-6-5-7-9-17/h10-13,15,17,19H,4-9,14H2,1-3H3. The molecule has 1 fully saturated rings. The van der Waals surface area contributed by atoms with E-state index in [4.69, 9.17) is 9.47 Å². The van der Waals surface area contributed by atoms with Gasteiger partial charge in [0.1, 0.15) is 5.75 Å². The Bertz CT molecular complexity index is 391. The van der Waals surface area contributed by atoms with Crippen molar-refractivity contribution in [1.29, 1.82) is 0 Å². The molecule has 0 bridgehead atoms. The van der Waals surface area contributed by atoms with Gasteiger partial charge in [-0.05, 0) is 42.9 Å². The number of benzene rings is 1. The molecule has 0 amide bonds. The maximum atomic E-state index is 6.24. The predicted octanol–water partition coefficient (Wildman–Crippen LogP) is 5.35.